The molecule has 21 heavy (non-hydrogen) atoms. The van der Waals surface area contributed by atoms with E-state index in [1.165, 1.54) is 10.9 Å². The van der Waals surface area contributed by atoms with Crippen LogP contribution in [0.2, 0.25) is 10.3 Å². The minimum Gasteiger partial charge on any atom is -0.361 e. The number of pyridine rings is 1. The minimum atomic E-state index is 0.352. The number of halogens is 2. The Kier molecular flexibility index (Phi) is 4.01. The lowest BCUT2D eigenvalue weighted by Crippen LogP contribution is -2.03. The maximum atomic E-state index is 6.07. The lowest BCUT2D eigenvalue weighted by atomic mass is 10.1. The molecule has 6 heteroatoms. The number of rotatable bonds is 4. The molecule has 0 amide bonds. The lowest BCUT2D eigenvalue weighted by Gasteiger charge is -2.08. The Labute approximate surface area is 132 Å². The van der Waals surface area contributed by atoms with E-state index in [9.17, 15) is 0 Å². The second kappa shape index (κ2) is 5.93. The standard InChI is InChI=1S/C15H14Cl2N4/c1-18-7-9-8-19-13-6-10(2-3-11(9)13)20-12-4-5-14(16)21-15(12)17/h2-6,8,18-20H,7H2,1H3. The quantitative estimate of drug-likeness (QED) is 0.627. The number of aromatic nitrogens is 2. The molecule has 0 aliphatic rings. The number of hydrogen-bond donors (Lipinski definition) is 3. The van der Waals surface area contributed by atoms with E-state index in [0.717, 1.165) is 23.4 Å². The van der Waals surface area contributed by atoms with Crippen LogP contribution in [0.4, 0.5) is 11.4 Å². The molecule has 2 heterocycles. The third-order valence-corrected chi connectivity index (χ3v) is 3.73. The molecule has 0 unspecified atom stereocenters. The molecule has 3 aromatic rings. The molecule has 108 valence electrons. The Morgan fingerprint density at radius 1 is 1.19 bits per heavy atom. The molecule has 1 aromatic carbocycles. The van der Waals surface area contributed by atoms with Crippen molar-refractivity contribution in [1.82, 2.24) is 15.3 Å². The summed E-state index contributed by atoms with van der Waals surface area (Å²) >= 11 is 11.9. The summed E-state index contributed by atoms with van der Waals surface area (Å²) in [6.45, 7) is 0.833. The predicted molar refractivity (Wildman–Crippen MR) is 88.6 cm³/mol. The molecule has 0 aliphatic heterocycles. The van der Waals surface area contributed by atoms with E-state index in [1.807, 2.05) is 31.4 Å². The minimum absolute atomic E-state index is 0.352. The van der Waals surface area contributed by atoms with E-state index in [1.54, 1.807) is 6.07 Å². The number of nitrogens with one attached hydrogen (secondary N) is 3. The summed E-state index contributed by atoms with van der Waals surface area (Å²) in [6, 6.07) is 9.65. The van der Waals surface area contributed by atoms with Crippen LogP contribution in [0.5, 0.6) is 0 Å². The number of fused-ring (bicyclic) bond motifs is 1. The molecule has 0 radical (unpaired) electrons. The molecule has 0 atom stereocenters. The van der Waals surface area contributed by atoms with E-state index < -0.39 is 0 Å². The van der Waals surface area contributed by atoms with Gasteiger partial charge in [-0.15, -0.1) is 0 Å². The fourth-order valence-corrected chi connectivity index (χ4v) is 2.65. The summed E-state index contributed by atoms with van der Waals surface area (Å²) < 4.78 is 0. The third kappa shape index (κ3) is 2.97. The van der Waals surface area contributed by atoms with E-state index >= 15 is 0 Å². The van der Waals surface area contributed by atoms with Crippen molar-refractivity contribution in [3.05, 3.63) is 52.4 Å². The average Bonchev–Trinajstić information content (AvgIpc) is 2.85. The SMILES string of the molecule is CNCc1c[nH]c2cc(Nc3ccc(Cl)nc3Cl)ccc12. The maximum absolute atomic E-state index is 6.07. The van der Waals surface area contributed by atoms with Gasteiger partial charge in [-0.2, -0.15) is 0 Å². The van der Waals surface area contributed by atoms with Crippen LogP contribution in [0.15, 0.2) is 36.5 Å². The summed E-state index contributed by atoms with van der Waals surface area (Å²) in [6.07, 6.45) is 2.02. The van der Waals surface area contributed by atoms with Gasteiger partial charge in [0.2, 0.25) is 0 Å². The second-order valence-electron chi connectivity index (χ2n) is 4.70. The Balaban J connectivity index is 1.91. The van der Waals surface area contributed by atoms with Gasteiger partial charge in [-0.25, -0.2) is 4.98 Å². The number of H-pyrrole nitrogens is 1. The summed E-state index contributed by atoms with van der Waals surface area (Å²) in [7, 11) is 1.93. The maximum Gasteiger partial charge on any atom is 0.154 e. The predicted octanol–water partition coefficient (Wildman–Crippen LogP) is 4.33. The Hall–Kier alpha value is -1.75. The fourth-order valence-electron chi connectivity index (χ4n) is 2.26. The highest BCUT2D eigenvalue weighted by atomic mass is 35.5. The third-order valence-electron chi connectivity index (χ3n) is 3.23. The molecule has 0 bridgehead atoms. The van der Waals surface area contributed by atoms with Crippen LogP contribution >= 0.6 is 23.2 Å². The van der Waals surface area contributed by atoms with Crippen LogP contribution in [0.25, 0.3) is 10.9 Å². The van der Waals surface area contributed by atoms with Crippen molar-refractivity contribution in [1.29, 1.82) is 0 Å². The van der Waals surface area contributed by atoms with Crippen LogP contribution in [0.1, 0.15) is 5.56 Å². The molecular weight excluding hydrogens is 307 g/mol. The molecular formula is C15H14Cl2N4. The zero-order valence-corrected chi connectivity index (χ0v) is 12.9. The van der Waals surface area contributed by atoms with Crippen LogP contribution in [0.3, 0.4) is 0 Å². The largest absolute Gasteiger partial charge is 0.361 e. The molecule has 0 spiro atoms. The van der Waals surface area contributed by atoms with Crippen LogP contribution in [0, 0.1) is 0 Å². The number of aromatic amines is 1. The molecule has 0 saturated heterocycles. The number of benzene rings is 1. The fraction of sp³-hybridized carbons (Fsp3) is 0.133. The van der Waals surface area contributed by atoms with Crippen molar-refractivity contribution < 1.29 is 0 Å². The van der Waals surface area contributed by atoms with E-state index in [4.69, 9.17) is 23.2 Å². The highest BCUT2D eigenvalue weighted by Crippen LogP contribution is 2.28. The summed E-state index contributed by atoms with van der Waals surface area (Å²) in [5, 5.41) is 8.33. The summed E-state index contributed by atoms with van der Waals surface area (Å²) in [5.41, 5.74) is 3.97. The van der Waals surface area contributed by atoms with Gasteiger partial charge in [-0.3, -0.25) is 0 Å². The van der Waals surface area contributed by atoms with Gasteiger partial charge in [0, 0.05) is 29.3 Å². The first-order chi connectivity index (χ1) is 10.2. The monoisotopic (exact) mass is 320 g/mol. The molecule has 0 aliphatic carbocycles. The molecule has 2 aromatic heterocycles. The molecule has 0 saturated carbocycles. The number of hydrogen-bond acceptors (Lipinski definition) is 3. The van der Waals surface area contributed by atoms with Crippen molar-refractivity contribution in [2.24, 2.45) is 0 Å². The van der Waals surface area contributed by atoms with Gasteiger partial charge >= 0.3 is 0 Å². The smallest absolute Gasteiger partial charge is 0.154 e. The molecule has 3 N–H and O–H groups in total. The first-order valence-electron chi connectivity index (χ1n) is 6.51. The van der Waals surface area contributed by atoms with Crippen molar-refractivity contribution in [2.45, 2.75) is 6.54 Å². The Bertz CT molecular complexity index is 782. The Morgan fingerprint density at radius 2 is 2.05 bits per heavy atom. The lowest BCUT2D eigenvalue weighted by molar-refractivity contribution is 0.823. The highest BCUT2D eigenvalue weighted by Gasteiger charge is 2.06. The van der Waals surface area contributed by atoms with Crippen LogP contribution in [-0.2, 0) is 6.54 Å². The van der Waals surface area contributed by atoms with Crippen LogP contribution < -0.4 is 10.6 Å². The van der Waals surface area contributed by atoms with Gasteiger partial charge in [-0.1, -0.05) is 29.3 Å². The zero-order valence-electron chi connectivity index (χ0n) is 11.4. The van der Waals surface area contributed by atoms with E-state index in [-0.39, 0.29) is 0 Å². The number of anilines is 2. The second-order valence-corrected chi connectivity index (χ2v) is 5.45. The number of nitrogens with zero attached hydrogens (tertiary/aromatic N) is 1. The summed E-state index contributed by atoms with van der Waals surface area (Å²) in [5.74, 6) is 0. The van der Waals surface area contributed by atoms with Crippen molar-refractivity contribution >= 4 is 45.5 Å². The van der Waals surface area contributed by atoms with Gasteiger partial charge in [0.05, 0.1) is 5.69 Å². The van der Waals surface area contributed by atoms with Gasteiger partial charge in [0.15, 0.2) is 5.15 Å². The molecule has 0 fully saturated rings. The van der Waals surface area contributed by atoms with Crippen molar-refractivity contribution in [3.63, 3.8) is 0 Å². The van der Waals surface area contributed by atoms with E-state index in [2.05, 4.69) is 26.7 Å². The first-order valence-corrected chi connectivity index (χ1v) is 7.26. The molecule has 4 nitrogen and oxygen atoms in total. The Morgan fingerprint density at radius 3 is 2.81 bits per heavy atom. The van der Waals surface area contributed by atoms with Gasteiger partial charge in [0.1, 0.15) is 5.15 Å². The highest BCUT2D eigenvalue weighted by molar-refractivity contribution is 6.34. The van der Waals surface area contributed by atoms with Crippen molar-refractivity contribution in [3.8, 4) is 0 Å². The first kappa shape index (κ1) is 14.2. The van der Waals surface area contributed by atoms with Crippen molar-refractivity contribution in [2.75, 3.05) is 12.4 Å². The van der Waals surface area contributed by atoms with Gasteiger partial charge < -0.3 is 15.6 Å². The van der Waals surface area contributed by atoms with Gasteiger partial charge in [-0.05, 0) is 36.9 Å². The normalized spacial score (nSPS) is 11.0. The van der Waals surface area contributed by atoms with E-state index in [0.29, 0.717) is 10.3 Å². The van der Waals surface area contributed by atoms with Gasteiger partial charge in [0.25, 0.3) is 0 Å². The van der Waals surface area contributed by atoms with Crippen LogP contribution in [-0.4, -0.2) is 17.0 Å². The summed E-state index contributed by atoms with van der Waals surface area (Å²) in [4.78, 5) is 7.29. The molecule has 3 rings (SSSR count). The topological polar surface area (TPSA) is 52.7 Å². The average molecular weight is 321 g/mol. The zero-order chi connectivity index (χ0) is 14.8.